The lowest BCUT2D eigenvalue weighted by Gasteiger charge is -2.06. The van der Waals surface area contributed by atoms with Crippen molar-refractivity contribution in [3.8, 4) is 11.3 Å². The van der Waals surface area contributed by atoms with Gasteiger partial charge in [0.25, 0.3) is 5.69 Å². The number of benzene rings is 1. The number of aryl methyl sites for hydroxylation is 2. The molecule has 0 saturated heterocycles. The number of hydrogen-bond acceptors (Lipinski definition) is 2. The molecule has 0 fully saturated rings. The van der Waals surface area contributed by atoms with Crippen molar-refractivity contribution in [3.63, 3.8) is 0 Å². The third-order valence-electron chi connectivity index (χ3n) is 2.64. The number of nitrogens with zero attached hydrogens (tertiary/aromatic N) is 2. The molecular weight excluding hydrogens is 204 g/mol. The first kappa shape index (κ1) is 10.4. The normalized spacial score (nSPS) is 10.4. The van der Waals surface area contributed by atoms with Crippen molar-refractivity contribution >= 4 is 5.69 Å². The molecule has 0 spiro atoms. The Bertz CT molecular complexity index is 544. The second-order valence-corrected chi connectivity index (χ2v) is 3.76. The van der Waals surface area contributed by atoms with Gasteiger partial charge >= 0.3 is 0 Å². The van der Waals surface area contributed by atoms with Crippen LogP contribution in [0.15, 0.2) is 36.5 Å². The van der Waals surface area contributed by atoms with Gasteiger partial charge in [-0.1, -0.05) is 0 Å². The van der Waals surface area contributed by atoms with E-state index in [1.807, 2.05) is 36.9 Å². The van der Waals surface area contributed by atoms with Crippen LogP contribution in [0.4, 0.5) is 5.69 Å². The van der Waals surface area contributed by atoms with Crippen molar-refractivity contribution in [2.24, 2.45) is 7.05 Å². The fourth-order valence-corrected chi connectivity index (χ4v) is 1.79. The summed E-state index contributed by atoms with van der Waals surface area (Å²) in [7, 11) is 1.95. The van der Waals surface area contributed by atoms with Crippen LogP contribution in [0, 0.1) is 17.0 Å². The zero-order valence-corrected chi connectivity index (χ0v) is 9.18. The van der Waals surface area contributed by atoms with Crippen LogP contribution in [0.3, 0.4) is 0 Å². The second-order valence-electron chi connectivity index (χ2n) is 3.76. The van der Waals surface area contributed by atoms with Crippen molar-refractivity contribution in [2.75, 3.05) is 0 Å². The van der Waals surface area contributed by atoms with Crippen molar-refractivity contribution in [2.45, 2.75) is 6.92 Å². The molecule has 0 saturated carbocycles. The number of nitro benzene ring substituents is 1. The van der Waals surface area contributed by atoms with Crippen molar-refractivity contribution in [1.82, 2.24) is 4.57 Å². The molecule has 0 N–H and O–H groups in total. The Labute approximate surface area is 93.3 Å². The van der Waals surface area contributed by atoms with E-state index in [4.69, 9.17) is 0 Å². The van der Waals surface area contributed by atoms with Crippen LogP contribution in [0.1, 0.15) is 5.56 Å². The summed E-state index contributed by atoms with van der Waals surface area (Å²) in [5.74, 6) is 0. The number of rotatable bonds is 2. The maximum atomic E-state index is 10.6. The zero-order valence-electron chi connectivity index (χ0n) is 9.18. The van der Waals surface area contributed by atoms with Gasteiger partial charge in [0.15, 0.2) is 0 Å². The molecular formula is C12H12N2O2. The monoisotopic (exact) mass is 216 g/mol. The Morgan fingerprint density at radius 3 is 2.56 bits per heavy atom. The van der Waals surface area contributed by atoms with E-state index in [2.05, 4.69) is 0 Å². The molecule has 0 atom stereocenters. The molecule has 4 heteroatoms. The molecule has 0 radical (unpaired) electrons. The summed E-state index contributed by atoms with van der Waals surface area (Å²) in [6, 6.07) is 8.88. The Morgan fingerprint density at radius 2 is 2.06 bits per heavy atom. The molecule has 1 aromatic heterocycles. The first-order chi connectivity index (χ1) is 7.59. The van der Waals surface area contributed by atoms with Gasteiger partial charge in [-0.2, -0.15) is 0 Å². The number of aromatic nitrogens is 1. The topological polar surface area (TPSA) is 48.1 Å². The molecule has 1 heterocycles. The average molecular weight is 216 g/mol. The zero-order chi connectivity index (χ0) is 11.7. The van der Waals surface area contributed by atoms with Crippen LogP contribution in [-0.4, -0.2) is 9.49 Å². The van der Waals surface area contributed by atoms with Gasteiger partial charge < -0.3 is 4.57 Å². The summed E-state index contributed by atoms with van der Waals surface area (Å²) < 4.78 is 1.99. The van der Waals surface area contributed by atoms with Crippen molar-refractivity contribution < 1.29 is 4.92 Å². The van der Waals surface area contributed by atoms with Gasteiger partial charge in [-0.3, -0.25) is 10.1 Å². The lowest BCUT2D eigenvalue weighted by molar-refractivity contribution is -0.384. The highest BCUT2D eigenvalue weighted by atomic mass is 16.6. The van der Waals surface area contributed by atoms with Gasteiger partial charge in [0.2, 0.25) is 0 Å². The summed E-state index contributed by atoms with van der Waals surface area (Å²) >= 11 is 0. The first-order valence-electron chi connectivity index (χ1n) is 4.96. The minimum absolute atomic E-state index is 0.135. The quantitative estimate of drug-likeness (QED) is 0.572. The molecule has 82 valence electrons. The van der Waals surface area contributed by atoms with Gasteiger partial charge in [0.1, 0.15) is 0 Å². The molecule has 0 bridgehead atoms. The lowest BCUT2D eigenvalue weighted by atomic mass is 10.1. The molecule has 4 nitrogen and oxygen atoms in total. The Hall–Kier alpha value is -2.10. The Kier molecular flexibility index (Phi) is 2.48. The van der Waals surface area contributed by atoms with Crippen LogP contribution in [0.2, 0.25) is 0 Å². The fraction of sp³-hybridized carbons (Fsp3) is 0.167. The van der Waals surface area contributed by atoms with Crippen LogP contribution in [0.25, 0.3) is 11.3 Å². The standard InChI is InChI=1S/C12H12N2O2/c1-9-8-10(14(15)16)5-6-11(9)12-4-3-7-13(12)2/h3-8H,1-2H3. The molecule has 0 unspecified atom stereocenters. The van der Waals surface area contributed by atoms with Crippen molar-refractivity contribution in [1.29, 1.82) is 0 Å². The van der Waals surface area contributed by atoms with E-state index in [0.29, 0.717) is 0 Å². The third kappa shape index (κ3) is 1.69. The van der Waals surface area contributed by atoms with Crippen LogP contribution in [0.5, 0.6) is 0 Å². The van der Waals surface area contributed by atoms with Crippen LogP contribution >= 0.6 is 0 Å². The fourth-order valence-electron chi connectivity index (χ4n) is 1.79. The molecule has 0 aliphatic carbocycles. The van der Waals surface area contributed by atoms with E-state index in [0.717, 1.165) is 16.8 Å². The van der Waals surface area contributed by atoms with Crippen LogP contribution < -0.4 is 0 Å². The minimum atomic E-state index is -0.373. The maximum absolute atomic E-state index is 10.6. The highest BCUT2D eigenvalue weighted by Crippen LogP contribution is 2.26. The second kappa shape index (κ2) is 3.81. The summed E-state index contributed by atoms with van der Waals surface area (Å²) in [6.07, 6.45) is 1.95. The van der Waals surface area contributed by atoms with Gasteiger partial charge in [-0.05, 0) is 30.7 Å². The van der Waals surface area contributed by atoms with Gasteiger partial charge in [0.05, 0.1) is 4.92 Å². The molecule has 0 aliphatic rings. The first-order valence-corrected chi connectivity index (χ1v) is 4.96. The SMILES string of the molecule is Cc1cc([N+](=O)[O-])ccc1-c1cccn1C. The maximum Gasteiger partial charge on any atom is 0.269 e. The smallest absolute Gasteiger partial charge is 0.269 e. The predicted molar refractivity (Wildman–Crippen MR) is 62.2 cm³/mol. The molecule has 0 amide bonds. The summed E-state index contributed by atoms with van der Waals surface area (Å²) in [5.41, 5.74) is 3.14. The van der Waals surface area contributed by atoms with Gasteiger partial charge in [-0.15, -0.1) is 0 Å². The Balaban J connectivity index is 2.52. The minimum Gasteiger partial charge on any atom is -0.351 e. The lowest BCUT2D eigenvalue weighted by Crippen LogP contribution is -1.94. The van der Waals surface area contributed by atoms with Gasteiger partial charge in [0, 0.05) is 36.6 Å². The third-order valence-corrected chi connectivity index (χ3v) is 2.64. The number of nitro groups is 1. The molecule has 2 aromatic rings. The number of non-ortho nitro benzene ring substituents is 1. The predicted octanol–water partition coefficient (Wildman–Crippen LogP) is 2.91. The van der Waals surface area contributed by atoms with Crippen LogP contribution in [-0.2, 0) is 7.05 Å². The van der Waals surface area contributed by atoms with E-state index < -0.39 is 0 Å². The molecule has 0 aliphatic heterocycles. The number of hydrogen-bond donors (Lipinski definition) is 0. The molecule has 16 heavy (non-hydrogen) atoms. The van der Waals surface area contributed by atoms with E-state index >= 15 is 0 Å². The largest absolute Gasteiger partial charge is 0.351 e. The van der Waals surface area contributed by atoms with E-state index in [1.165, 1.54) is 6.07 Å². The van der Waals surface area contributed by atoms with E-state index in [9.17, 15) is 10.1 Å². The average Bonchev–Trinajstić information content (AvgIpc) is 2.64. The molecule has 2 rings (SSSR count). The summed E-state index contributed by atoms with van der Waals surface area (Å²) in [5, 5.41) is 10.6. The highest BCUT2D eigenvalue weighted by molar-refractivity contribution is 5.66. The highest BCUT2D eigenvalue weighted by Gasteiger charge is 2.10. The van der Waals surface area contributed by atoms with E-state index in [1.54, 1.807) is 12.1 Å². The summed E-state index contributed by atoms with van der Waals surface area (Å²) in [6.45, 7) is 1.88. The summed E-state index contributed by atoms with van der Waals surface area (Å²) in [4.78, 5) is 10.2. The van der Waals surface area contributed by atoms with Gasteiger partial charge in [-0.25, -0.2) is 0 Å². The van der Waals surface area contributed by atoms with Crippen molar-refractivity contribution in [3.05, 3.63) is 52.2 Å². The molecule has 1 aromatic carbocycles. The van der Waals surface area contributed by atoms with E-state index in [-0.39, 0.29) is 10.6 Å². The Morgan fingerprint density at radius 1 is 1.31 bits per heavy atom.